The van der Waals surface area contributed by atoms with Crippen molar-refractivity contribution in [3.63, 3.8) is 0 Å². The fourth-order valence-corrected chi connectivity index (χ4v) is 3.15. The molecule has 0 unspecified atom stereocenters. The van der Waals surface area contributed by atoms with Crippen LogP contribution in [0.2, 0.25) is 5.02 Å². The smallest absolute Gasteiger partial charge is 0.275 e. The minimum Gasteiger partial charge on any atom is -0.488 e. The first-order chi connectivity index (χ1) is 14.6. The molecule has 1 amide bonds. The molecule has 0 fully saturated rings. The lowest BCUT2D eigenvalue weighted by atomic mass is 10.2. The quantitative estimate of drug-likeness (QED) is 0.317. The number of amides is 1. The van der Waals surface area contributed by atoms with Gasteiger partial charge in [-0.15, -0.1) is 0 Å². The molecule has 0 aliphatic heterocycles. The zero-order chi connectivity index (χ0) is 20.9. The Balaban J connectivity index is 1.48. The molecule has 0 saturated heterocycles. The summed E-state index contributed by atoms with van der Waals surface area (Å²) in [5.41, 5.74) is 5.13. The molecule has 0 spiro atoms. The van der Waals surface area contributed by atoms with E-state index in [1.54, 1.807) is 31.2 Å². The van der Waals surface area contributed by atoms with Crippen molar-refractivity contribution in [3.05, 3.63) is 101 Å². The summed E-state index contributed by atoms with van der Waals surface area (Å²) in [4.78, 5) is 12.7. The van der Waals surface area contributed by atoms with Crippen LogP contribution in [0.1, 0.15) is 28.6 Å². The Hall–Kier alpha value is -3.57. The molecule has 3 aromatic carbocycles. The van der Waals surface area contributed by atoms with Crippen LogP contribution in [0.5, 0.6) is 5.75 Å². The van der Waals surface area contributed by atoms with Crippen molar-refractivity contribution in [2.24, 2.45) is 5.10 Å². The van der Waals surface area contributed by atoms with Crippen molar-refractivity contribution >= 4 is 34.2 Å². The minimum atomic E-state index is -0.375. The number of nitrogens with zero attached hydrogens (tertiary/aromatic N) is 1. The van der Waals surface area contributed by atoms with Gasteiger partial charge in [0.15, 0.2) is 5.76 Å². The van der Waals surface area contributed by atoms with Gasteiger partial charge >= 0.3 is 0 Å². The molecular weight excluding hydrogens is 400 g/mol. The first-order valence-electron chi connectivity index (χ1n) is 9.40. The van der Waals surface area contributed by atoms with E-state index in [0.717, 1.165) is 16.5 Å². The summed E-state index contributed by atoms with van der Waals surface area (Å²) in [6.45, 7) is 2.03. The Morgan fingerprint density at radius 3 is 2.60 bits per heavy atom. The lowest BCUT2D eigenvalue weighted by Gasteiger charge is -2.11. The fourth-order valence-electron chi connectivity index (χ4n) is 2.96. The average molecular weight is 419 g/mol. The van der Waals surface area contributed by atoms with Crippen molar-refractivity contribution in [3.8, 4) is 5.75 Å². The number of hydrogen-bond donors (Lipinski definition) is 1. The van der Waals surface area contributed by atoms with Gasteiger partial charge in [-0.2, -0.15) is 5.10 Å². The summed E-state index contributed by atoms with van der Waals surface area (Å²) in [5.74, 6) is 0.673. The molecular formula is C24H19ClN2O3. The number of halogens is 1. The molecule has 0 bridgehead atoms. The lowest BCUT2D eigenvalue weighted by Crippen LogP contribution is -2.20. The number of hydrogen-bond acceptors (Lipinski definition) is 4. The zero-order valence-electron chi connectivity index (χ0n) is 16.3. The zero-order valence-corrected chi connectivity index (χ0v) is 17.0. The summed E-state index contributed by atoms with van der Waals surface area (Å²) < 4.78 is 11.6. The van der Waals surface area contributed by atoms with Gasteiger partial charge in [0, 0.05) is 16.0 Å². The lowest BCUT2D eigenvalue weighted by molar-refractivity contribution is 0.0950. The molecule has 0 radical (unpaired) electrons. The first-order valence-corrected chi connectivity index (χ1v) is 9.78. The van der Waals surface area contributed by atoms with Crippen LogP contribution >= 0.6 is 11.6 Å². The van der Waals surface area contributed by atoms with Gasteiger partial charge < -0.3 is 9.15 Å². The Morgan fingerprint density at radius 2 is 1.77 bits per heavy atom. The molecule has 5 nitrogen and oxygen atoms in total. The van der Waals surface area contributed by atoms with Gasteiger partial charge in [-0.05, 0) is 37.3 Å². The second-order valence-electron chi connectivity index (χ2n) is 6.66. The maximum Gasteiger partial charge on any atom is 0.275 e. The summed E-state index contributed by atoms with van der Waals surface area (Å²) >= 11 is 6.18. The minimum absolute atomic E-state index is 0.255. The number of benzene rings is 3. The number of rotatable bonds is 6. The molecule has 1 aromatic heterocycles. The molecule has 6 heteroatoms. The van der Waals surface area contributed by atoms with Crippen molar-refractivity contribution in [1.29, 1.82) is 0 Å². The third-order valence-electron chi connectivity index (χ3n) is 4.58. The molecule has 0 aliphatic carbocycles. The largest absolute Gasteiger partial charge is 0.488 e. The number of carbonyl (C=O) groups is 1. The average Bonchev–Trinajstić information content (AvgIpc) is 3.21. The maximum atomic E-state index is 12.7. The van der Waals surface area contributed by atoms with Crippen molar-refractivity contribution in [2.45, 2.75) is 13.5 Å². The van der Waals surface area contributed by atoms with Crippen LogP contribution in [0.4, 0.5) is 0 Å². The monoisotopic (exact) mass is 418 g/mol. The predicted octanol–water partition coefficient (Wildman–Crippen LogP) is 5.82. The van der Waals surface area contributed by atoms with Crippen LogP contribution in [0.15, 0.2) is 88.4 Å². The third kappa shape index (κ3) is 4.36. The predicted molar refractivity (Wildman–Crippen MR) is 118 cm³/mol. The van der Waals surface area contributed by atoms with Crippen LogP contribution in [-0.2, 0) is 6.61 Å². The fraction of sp³-hybridized carbons (Fsp3) is 0.0833. The van der Waals surface area contributed by atoms with Crippen LogP contribution in [0.25, 0.3) is 11.0 Å². The summed E-state index contributed by atoms with van der Waals surface area (Å²) in [5, 5.41) is 5.78. The molecule has 4 rings (SSSR count). The molecule has 4 aromatic rings. The van der Waals surface area contributed by atoms with Gasteiger partial charge in [-0.1, -0.05) is 60.1 Å². The summed E-state index contributed by atoms with van der Waals surface area (Å²) in [6, 6.07) is 24.0. The molecule has 0 aliphatic rings. The van der Waals surface area contributed by atoms with E-state index in [-0.39, 0.29) is 12.5 Å². The van der Waals surface area contributed by atoms with E-state index in [9.17, 15) is 4.79 Å². The Labute approximate surface area is 178 Å². The van der Waals surface area contributed by atoms with Gasteiger partial charge in [0.2, 0.25) is 0 Å². The topological polar surface area (TPSA) is 63.8 Å². The standard InChI is InChI=1S/C24H19ClN2O3/c1-16(23-14-17-8-3-6-12-21(17)30-23)26-27-24(28)19-10-4-7-13-22(19)29-15-18-9-2-5-11-20(18)25/h2-14H,15H2,1H3,(H,27,28). The first kappa shape index (κ1) is 19.7. The number of nitrogens with one attached hydrogen (secondary N) is 1. The molecule has 0 atom stereocenters. The van der Waals surface area contributed by atoms with E-state index in [4.69, 9.17) is 20.8 Å². The van der Waals surface area contributed by atoms with Gasteiger partial charge in [-0.3, -0.25) is 4.79 Å². The van der Waals surface area contributed by atoms with E-state index < -0.39 is 0 Å². The highest BCUT2D eigenvalue weighted by Crippen LogP contribution is 2.22. The van der Waals surface area contributed by atoms with Crippen LogP contribution in [-0.4, -0.2) is 11.6 Å². The Morgan fingerprint density at radius 1 is 1.03 bits per heavy atom. The molecule has 0 saturated carbocycles. The van der Waals surface area contributed by atoms with E-state index in [0.29, 0.717) is 27.8 Å². The number of furan rings is 1. The number of hydrazone groups is 1. The highest BCUT2D eigenvalue weighted by atomic mass is 35.5. The van der Waals surface area contributed by atoms with Crippen molar-refractivity contribution in [2.75, 3.05) is 0 Å². The third-order valence-corrected chi connectivity index (χ3v) is 4.95. The van der Waals surface area contributed by atoms with Gasteiger partial charge in [0.05, 0.1) is 5.56 Å². The van der Waals surface area contributed by atoms with Gasteiger partial charge in [0.1, 0.15) is 23.7 Å². The van der Waals surface area contributed by atoms with Gasteiger partial charge in [-0.25, -0.2) is 5.43 Å². The van der Waals surface area contributed by atoms with Crippen molar-refractivity contribution in [1.82, 2.24) is 5.43 Å². The molecule has 30 heavy (non-hydrogen) atoms. The van der Waals surface area contributed by atoms with E-state index in [2.05, 4.69) is 10.5 Å². The highest BCUT2D eigenvalue weighted by molar-refractivity contribution is 6.31. The molecule has 1 N–H and O–H groups in total. The van der Waals surface area contributed by atoms with E-state index in [1.807, 2.05) is 54.6 Å². The second kappa shape index (κ2) is 8.84. The summed E-state index contributed by atoms with van der Waals surface area (Å²) in [7, 11) is 0. The number of ether oxygens (including phenoxy) is 1. The van der Waals surface area contributed by atoms with E-state index >= 15 is 0 Å². The summed E-state index contributed by atoms with van der Waals surface area (Å²) in [6.07, 6.45) is 0. The molecule has 1 heterocycles. The normalized spacial score (nSPS) is 11.5. The van der Waals surface area contributed by atoms with Crippen molar-refractivity contribution < 1.29 is 13.9 Å². The number of fused-ring (bicyclic) bond motifs is 1. The SMILES string of the molecule is CC(=NNC(=O)c1ccccc1OCc1ccccc1Cl)c1cc2ccccc2o1. The molecule has 150 valence electrons. The van der Waals surface area contributed by atoms with Crippen LogP contribution in [0.3, 0.4) is 0 Å². The van der Waals surface area contributed by atoms with E-state index in [1.165, 1.54) is 0 Å². The Bertz CT molecular complexity index is 1200. The van der Waals surface area contributed by atoms with Gasteiger partial charge in [0.25, 0.3) is 5.91 Å². The number of carbonyl (C=O) groups excluding carboxylic acids is 1. The van der Waals surface area contributed by atoms with Crippen LogP contribution in [0, 0.1) is 0 Å². The highest BCUT2D eigenvalue weighted by Gasteiger charge is 2.13. The Kier molecular flexibility index (Phi) is 5.82. The second-order valence-corrected chi connectivity index (χ2v) is 7.07. The van der Waals surface area contributed by atoms with Crippen LogP contribution < -0.4 is 10.2 Å². The number of para-hydroxylation sites is 2. The maximum absolute atomic E-state index is 12.7.